The number of nitrogens with zero attached hydrogens (tertiary/aromatic N) is 3. The number of anilines is 1. The summed E-state index contributed by atoms with van der Waals surface area (Å²) in [5.41, 5.74) is 0.837. The van der Waals surface area contributed by atoms with E-state index in [9.17, 15) is 4.79 Å². The first-order valence-corrected chi connectivity index (χ1v) is 7.22. The Morgan fingerprint density at radius 2 is 1.96 bits per heavy atom. The summed E-state index contributed by atoms with van der Waals surface area (Å²) < 4.78 is 5.10. The van der Waals surface area contributed by atoms with Crippen LogP contribution in [-0.4, -0.2) is 23.0 Å². The first-order chi connectivity index (χ1) is 11.6. The molecule has 1 unspecified atom stereocenters. The topological polar surface area (TPSA) is 99.9 Å². The van der Waals surface area contributed by atoms with Gasteiger partial charge in [0.15, 0.2) is 0 Å². The van der Waals surface area contributed by atoms with Crippen molar-refractivity contribution in [3.05, 3.63) is 60.1 Å². The second kappa shape index (κ2) is 8.29. The van der Waals surface area contributed by atoms with Gasteiger partial charge in [-0.15, -0.1) is 0 Å². The molecule has 0 saturated heterocycles. The molecule has 7 heteroatoms. The highest BCUT2D eigenvalue weighted by Crippen LogP contribution is 2.17. The van der Waals surface area contributed by atoms with Gasteiger partial charge in [0.1, 0.15) is 17.4 Å². The molecule has 0 spiro atoms. The molecule has 7 nitrogen and oxygen atoms in total. The number of aromatic nitrogens is 2. The van der Waals surface area contributed by atoms with E-state index in [2.05, 4.69) is 20.6 Å². The predicted octanol–water partition coefficient (Wildman–Crippen LogP) is 2.18. The minimum atomic E-state index is -0.482. The molecule has 2 rings (SSSR count). The Kier molecular flexibility index (Phi) is 5.86. The maximum absolute atomic E-state index is 12.2. The maximum Gasteiger partial charge on any atom is 0.263 e. The first kappa shape index (κ1) is 17.0. The van der Waals surface area contributed by atoms with Gasteiger partial charge in [-0.05, 0) is 30.7 Å². The van der Waals surface area contributed by atoms with E-state index in [0.717, 1.165) is 11.3 Å². The van der Waals surface area contributed by atoms with Crippen molar-refractivity contribution in [2.45, 2.75) is 13.0 Å². The Morgan fingerprint density at radius 1 is 1.29 bits per heavy atom. The Morgan fingerprint density at radius 3 is 2.54 bits per heavy atom. The molecule has 0 aliphatic heterocycles. The van der Waals surface area contributed by atoms with Gasteiger partial charge in [0.25, 0.3) is 5.91 Å². The highest BCUT2D eigenvalue weighted by atomic mass is 16.5. The van der Waals surface area contributed by atoms with E-state index >= 15 is 0 Å². The summed E-state index contributed by atoms with van der Waals surface area (Å²) >= 11 is 0. The molecule has 0 fully saturated rings. The Hall–Kier alpha value is -3.40. The molecule has 24 heavy (non-hydrogen) atoms. The lowest BCUT2D eigenvalue weighted by Gasteiger charge is -2.14. The highest BCUT2D eigenvalue weighted by molar-refractivity contribution is 5.97. The van der Waals surface area contributed by atoms with E-state index in [1.54, 1.807) is 25.6 Å². The third kappa shape index (κ3) is 4.55. The molecule has 1 aromatic carbocycles. The Bertz CT molecular complexity index is 751. The van der Waals surface area contributed by atoms with Gasteiger partial charge in [0, 0.05) is 18.6 Å². The van der Waals surface area contributed by atoms with Crippen LogP contribution in [-0.2, 0) is 4.79 Å². The number of carbonyl (C=O) groups excluding carboxylic acids is 1. The number of methoxy groups -OCH3 is 1. The van der Waals surface area contributed by atoms with Crippen LogP contribution in [0.4, 0.5) is 5.95 Å². The molecule has 1 atom stereocenters. The third-order valence-corrected chi connectivity index (χ3v) is 3.24. The summed E-state index contributed by atoms with van der Waals surface area (Å²) in [6.07, 6.45) is 4.40. The Balaban J connectivity index is 2.01. The fourth-order valence-corrected chi connectivity index (χ4v) is 1.91. The lowest BCUT2D eigenvalue weighted by Crippen LogP contribution is -2.28. The lowest BCUT2D eigenvalue weighted by atomic mass is 10.1. The first-order valence-electron chi connectivity index (χ1n) is 7.22. The Labute approximate surface area is 140 Å². The van der Waals surface area contributed by atoms with E-state index in [4.69, 9.17) is 10.00 Å². The van der Waals surface area contributed by atoms with Crippen molar-refractivity contribution in [2.24, 2.45) is 0 Å². The summed E-state index contributed by atoms with van der Waals surface area (Å²) in [5.74, 6) is 0.562. The number of amides is 1. The molecule has 1 heterocycles. The van der Waals surface area contributed by atoms with Crippen LogP contribution in [0.15, 0.2) is 54.5 Å². The van der Waals surface area contributed by atoms with Crippen molar-refractivity contribution in [1.29, 1.82) is 5.26 Å². The van der Waals surface area contributed by atoms with Crippen molar-refractivity contribution in [2.75, 3.05) is 12.4 Å². The average molecular weight is 323 g/mol. The van der Waals surface area contributed by atoms with Gasteiger partial charge in [0.05, 0.1) is 13.2 Å². The number of nitriles is 1. The van der Waals surface area contributed by atoms with E-state index in [1.807, 2.05) is 37.3 Å². The smallest absolute Gasteiger partial charge is 0.263 e. The SMILES string of the molecule is COc1ccc(C(C)NC(=O)/C(C#N)=C\Nc2ncccn2)cc1. The van der Waals surface area contributed by atoms with Crippen molar-refractivity contribution >= 4 is 11.9 Å². The average Bonchev–Trinajstić information content (AvgIpc) is 2.63. The predicted molar refractivity (Wildman–Crippen MR) is 88.9 cm³/mol. The van der Waals surface area contributed by atoms with E-state index < -0.39 is 5.91 Å². The maximum atomic E-state index is 12.2. The van der Waals surface area contributed by atoms with Crippen LogP contribution < -0.4 is 15.4 Å². The molecule has 0 aliphatic rings. The van der Waals surface area contributed by atoms with Crippen molar-refractivity contribution in [3.63, 3.8) is 0 Å². The molecule has 0 aliphatic carbocycles. The normalized spacial score (nSPS) is 12.0. The number of rotatable bonds is 6. The van der Waals surface area contributed by atoms with Gasteiger partial charge >= 0.3 is 0 Å². The summed E-state index contributed by atoms with van der Waals surface area (Å²) in [6, 6.07) is 10.6. The van der Waals surface area contributed by atoms with Gasteiger partial charge in [-0.3, -0.25) is 4.79 Å². The van der Waals surface area contributed by atoms with Gasteiger partial charge < -0.3 is 15.4 Å². The lowest BCUT2D eigenvalue weighted by molar-refractivity contribution is -0.117. The van der Waals surface area contributed by atoms with E-state index in [0.29, 0.717) is 5.95 Å². The highest BCUT2D eigenvalue weighted by Gasteiger charge is 2.14. The fraction of sp³-hybridized carbons (Fsp3) is 0.176. The zero-order chi connectivity index (χ0) is 17.4. The molecule has 1 amide bonds. The second-order valence-corrected chi connectivity index (χ2v) is 4.85. The third-order valence-electron chi connectivity index (χ3n) is 3.24. The zero-order valence-electron chi connectivity index (χ0n) is 13.4. The fourth-order valence-electron chi connectivity index (χ4n) is 1.91. The number of nitrogens with one attached hydrogen (secondary N) is 2. The molecule has 1 aromatic heterocycles. The number of hydrogen-bond donors (Lipinski definition) is 2. The number of hydrogen-bond acceptors (Lipinski definition) is 6. The minimum absolute atomic E-state index is 0.0668. The van der Waals surface area contributed by atoms with Crippen LogP contribution in [0.3, 0.4) is 0 Å². The molecular weight excluding hydrogens is 306 g/mol. The van der Waals surface area contributed by atoms with E-state index in [1.165, 1.54) is 6.20 Å². The quantitative estimate of drug-likeness (QED) is 0.624. The zero-order valence-corrected chi connectivity index (χ0v) is 13.4. The molecule has 0 bridgehead atoms. The number of carbonyl (C=O) groups is 1. The van der Waals surface area contributed by atoms with Crippen LogP contribution in [0, 0.1) is 11.3 Å². The van der Waals surface area contributed by atoms with Crippen molar-refractivity contribution in [1.82, 2.24) is 15.3 Å². The molecule has 2 N–H and O–H groups in total. The molecule has 0 radical (unpaired) electrons. The molecule has 0 saturated carbocycles. The van der Waals surface area contributed by atoms with Gasteiger partial charge in [-0.1, -0.05) is 12.1 Å². The monoisotopic (exact) mass is 323 g/mol. The summed E-state index contributed by atoms with van der Waals surface area (Å²) in [5, 5.41) is 14.6. The molecule has 2 aromatic rings. The summed E-state index contributed by atoms with van der Waals surface area (Å²) in [6.45, 7) is 1.84. The molecular formula is C17H17N5O2. The molecule has 122 valence electrons. The summed E-state index contributed by atoms with van der Waals surface area (Å²) in [4.78, 5) is 20.1. The van der Waals surface area contributed by atoms with Crippen molar-refractivity contribution in [3.8, 4) is 11.8 Å². The van der Waals surface area contributed by atoms with Crippen LogP contribution >= 0.6 is 0 Å². The van der Waals surface area contributed by atoms with E-state index in [-0.39, 0.29) is 11.6 Å². The van der Waals surface area contributed by atoms with Gasteiger partial charge in [-0.25, -0.2) is 9.97 Å². The number of benzene rings is 1. The van der Waals surface area contributed by atoms with Crippen LogP contribution in [0.1, 0.15) is 18.5 Å². The van der Waals surface area contributed by atoms with Crippen LogP contribution in [0.2, 0.25) is 0 Å². The van der Waals surface area contributed by atoms with Gasteiger partial charge in [-0.2, -0.15) is 5.26 Å². The minimum Gasteiger partial charge on any atom is -0.497 e. The van der Waals surface area contributed by atoms with Crippen molar-refractivity contribution < 1.29 is 9.53 Å². The largest absolute Gasteiger partial charge is 0.497 e. The van der Waals surface area contributed by atoms with Gasteiger partial charge in [0.2, 0.25) is 5.95 Å². The second-order valence-electron chi connectivity index (χ2n) is 4.85. The number of ether oxygens (including phenoxy) is 1. The van der Waals surface area contributed by atoms with Crippen LogP contribution in [0.5, 0.6) is 5.75 Å². The summed E-state index contributed by atoms with van der Waals surface area (Å²) in [7, 11) is 1.59. The van der Waals surface area contributed by atoms with Crippen LogP contribution in [0.25, 0.3) is 0 Å². The standard InChI is InChI=1S/C17H17N5O2/c1-12(13-4-6-15(24-2)7-5-13)22-16(23)14(10-18)11-21-17-19-8-3-9-20-17/h3-9,11-12H,1-2H3,(H,22,23)(H,19,20,21)/b14-11-.